The zero-order valence-corrected chi connectivity index (χ0v) is 14.7. The fourth-order valence-electron chi connectivity index (χ4n) is 2.64. The van der Waals surface area contributed by atoms with Gasteiger partial charge in [-0.2, -0.15) is 4.31 Å². The van der Waals surface area contributed by atoms with E-state index in [9.17, 15) is 8.42 Å². The lowest BCUT2D eigenvalue weighted by Crippen LogP contribution is -2.27. The molecule has 0 N–H and O–H groups in total. The summed E-state index contributed by atoms with van der Waals surface area (Å²) in [5.41, 5.74) is 1.23. The van der Waals surface area contributed by atoms with Crippen LogP contribution in [0.15, 0.2) is 58.6 Å². The van der Waals surface area contributed by atoms with E-state index < -0.39 is 10.0 Å². The highest BCUT2D eigenvalue weighted by atomic mass is 32.2. The van der Waals surface area contributed by atoms with E-state index in [4.69, 9.17) is 0 Å². The van der Waals surface area contributed by atoms with E-state index in [1.807, 2.05) is 18.2 Å². The minimum atomic E-state index is -3.37. The number of aromatic nitrogens is 1. The van der Waals surface area contributed by atoms with Gasteiger partial charge in [0.05, 0.1) is 5.03 Å². The molecule has 0 unspecified atom stereocenters. The van der Waals surface area contributed by atoms with Gasteiger partial charge in [-0.25, -0.2) is 13.4 Å². The van der Waals surface area contributed by atoms with Crippen molar-refractivity contribution in [3.05, 3.63) is 54.2 Å². The van der Waals surface area contributed by atoms with Crippen LogP contribution < -0.4 is 0 Å². The monoisotopic (exact) mass is 348 g/mol. The highest BCUT2D eigenvalue weighted by Crippen LogP contribution is 2.33. The van der Waals surface area contributed by atoms with Crippen molar-refractivity contribution in [2.75, 3.05) is 13.1 Å². The molecule has 122 valence electrons. The Labute approximate surface area is 142 Å². The van der Waals surface area contributed by atoms with Gasteiger partial charge in [-0.05, 0) is 37.5 Å². The Balaban J connectivity index is 1.72. The molecule has 23 heavy (non-hydrogen) atoms. The number of hydrogen-bond acceptors (Lipinski definition) is 4. The van der Waals surface area contributed by atoms with Gasteiger partial charge in [-0.1, -0.05) is 42.1 Å². The number of sulfonamides is 1. The molecule has 3 rings (SSSR count). The normalized spacial score (nSPS) is 17.3. The van der Waals surface area contributed by atoms with Crippen molar-refractivity contribution in [1.29, 1.82) is 0 Å². The molecule has 0 amide bonds. The first-order valence-corrected chi connectivity index (χ1v) is 10.1. The van der Waals surface area contributed by atoms with Gasteiger partial charge in [-0.15, -0.1) is 0 Å². The molecule has 1 saturated heterocycles. The number of thioether (sulfide) groups is 1. The Hall–Kier alpha value is -1.37. The van der Waals surface area contributed by atoms with Crippen LogP contribution in [0, 0.1) is 0 Å². The number of benzene rings is 1. The number of nitrogens with zero attached hydrogens (tertiary/aromatic N) is 2. The summed E-state index contributed by atoms with van der Waals surface area (Å²) in [4.78, 5) is 4.63. The van der Waals surface area contributed by atoms with Crippen molar-refractivity contribution >= 4 is 21.8 Å². The van der Waals surface area contributed by atoms with Crippen molar-refractivity contribution in [2.24, 2.45) is 0 Å². The summed E-state index contributed by atoms with van der Waals surface area (Å²) in [7, 11) is -3.37. The van der Waals surface area contributed by atoms with Gasteiger partial charge in [0, 0.05) is 24.5 Å². The predicted octanol–water partition coefficient (Wildman–Crippen LogP) is 3.72. The van der Waals surface area contributed by atoms with Crippen LogP contribution in [-0.2, 0) is 10.0 Å². The van der Waals surface area contributed by atoms with Crippen LogP contribution >= 0.6 is 11.8 Å². The van der Waals surface area contributed by atoms with E-state index in [0.29, 0.717) is 13.1 Å². The van der Waals surface area contributed by atoms with Gasteiger partial charge in [0.1, 0.15) is 4.90 Å². The average molecular weight is 348 g/mol. The van der Waals surface area contributed by atoms with Gasteiger partial charge in [0.25, 0.3) is 0 Å². The van der Waals surface area contributed by atoms with Gasteiger partial charge in [0.15, 0.2) is 0 Å². The topological polar surface area (TPSA) is 50.3 Å². The van der Waals surface area contributed by atoms with Crippen molar-refractivity contribution in [3.63, 3.8) is 0 Å². The molecule has 4 nitrogen and oxygen atoms in total. The zero-order chi connectivity index (χ0) is 16.3. The second-order valence-electron chi connectivity index (χ2n) is 5.61. The van der Waals surface area contributed by atoms with Crippen LogP contribution in [0.2, 0.25) is 0 Å². The summed E-state index contributed by atoms with van der Waals surface area (Å²) in [6.45, 7) is 3.35. The molecule has 2 aromatic rings. The van der Waals surface area contributed by atoms with Crippen molar-refractivity contribution < 1.29 is 8.42 Å². The minimum Gasteiger partial charge on any atom is -0.249 e. The largest absolute Gasteiger partial charge is 0.249 e. The van der Waals surface area contributed by atoms with E-state index in [-0.39, 0.29) is 10.1 Å². The molecule has 1 aliphatic rings. The highest BCUT2D eigenvalue weighted by Gasteiger charge is 2.27. The molecule has 1 aliphatic heterocycles. The first-order valence-electron chi connectivity index (χ1n) is 7.75. The van der Waals surface area contributed by atoms with Gasteiger partial charge < -0.3 is 0 Å². The first kappa shape index (κ1) is 16.5. The SMILES string of the molecule is C[C@@H](Sc1ccc(S(=O)(=O)N2CCCC2)cn1)c1ccccc1. The maximum atomic E-state index is 12.5. The Bertz CT molecular complexity index is 740. The van der Waals surface area contributed by atoms with Gasteiger partial charge in [0.2, 0.25) is 10.0 Å². The fraction of sp³-hybridized carbons (Fsp3) is 0.353. The van der Waals surface area contributed by atoms with Crippen LogP contribution in [0.5, 0.6) is 0 Å². The lowest BCUT2D eigenvalue weighted by atomic mass is 10.2. The number of hydrogen-bond donors (Lipinski definition) is 0. The molecule has 1 fully saturated rings. The lowest BCUT2D eigenvalue weighted by molar-refractivity contribution is 0.477. The third-order valence-corrected chi connectivity index (χ3v) is 6.97. The molecule has 6 heteroatoms. The molecule has 0 bridgehead atoms. The Kier molecular flexibility index (Phi) is 5.04. The summed E-state index contributed by atoms with van der Waals surface area (Å²) in [5.74, 6) is 0. The van der Waals surface area contributed by atoms with E-state index in [2.05, 4.69) is 24.0 Å². The third-order valence-electron chi connectivity index (χ3n) is 3.98. The molecule has 2 heterocycles. The quantitative estimate of drug-likeness (QED) is 0.773. The molecule has 0 aliphatic carbocycles. The van der Waals surface area contributed by atoms with E-state index in [1.54, 1.807) is 28.2 Å². The number of rotatable bonds is 5. The second-order valence-corrected chi connectivity index (χ2v) is 8.91. The van der Waals surface area contributed by atoms with Crippen LogP contribution in [0.3, 0.4) is 0 Å². The molecule has 0 spiro atoms. The van der Waals surface area contributed by atoms with Crippen molar-refractivity contribution in [3.8, 4) is 0 Å². The van der Waals surface area contributed by atoms with E-state index in [0.717, 1.165) is 17.9 Å². The van der Waals surface area contributed by atoms with Crippen LogP contribution in [0.1, 0.15) is 30.6 Å². The van der Waals surface area contributed by atoms with Crippen molar-refractivity contribution in [1.82, 2.24) is 9.29 Å². The summed E-state index contributed by atoms with van der Waals surface area (Å²) < 4.78 is 26.5. The first-order chi connectivity index (χ1) is 11.1. The molecule has 0 saturated carbocycles. The lowest BCUT2D eigenvalue weighted by Gasteiger charge is -2.15. The Morgan fingerprint density at radius 2 is 1.78 bits per heavy atom. The Morgan fingerprint density at radius 1 is 1.09 bits per heavy atom. The van der Waals surface area contributed by atoms with Crippen LogP contribution in [0.4, 0.5) is 0 Å². The summed E-state index contributed by atoms with van der Waals surface area (Å²) in [6, 6.07) is 13.7. The predicted molar refractivity (Wildman–Crippen MR) is 92.9 cm³/mol. The molecular weight excluding hydrogens is 328 g/mol. The maximum absolute atomic E-state index is 12.5. The van der Waals surface area contributed by atoms with Crippen LogP contribution in [0.25, 0.3) is 0 Å². The van der Waals surface area contributed by atoms with Gasteiger partial charge in [-0.3, -0.25) is 0 Å². The number of pyridine rings is 1. The fourth-order valence-corrected chi connectivity index (χ4v) is 5.02. The summed E-state index contributed by atoms with van der Waals surface area (Å²) in [5, 5.41) is 1.10. The molecular formula is C17H20N2O2S2. The molecule has 0 radical (unpaired) electrons. The maximum Gasteiger partial charge on any atom is 0.244 e. The van der Waals surface area contributed by atoms with Crippen LogP contribution in [-0.4, -0.2) is 30.8 Å². The molecule has 1 aromatic carbocycles. The highest BCUT2D eigenvalue weighted by molar-refractivity contribution is 7.99. The van der Waals surface area contributed by atoms with E-state index in [1.165, 1.54) is 11.8 Å². The minimum absolute atomic E-state index is 0.268. The standard InChI is InChI=1S/C17H20N2O2S2/c1-14(15-7-3-2-4-8-15)22-17-10-9-16(13-18-17)23(20,21)19-11-5-6-12-19/h2-4,7-10,13-14H,5-6,11-12H2,1H3/t14-/m1/s1. The summed E-state index contributed by atoms with van der Waals surface area (Å²) in [6.07, 6.45) is 3.36. The van der Waals surface area contributed by atoms with Gasteiger partial charge >= 0.3 is 0 Å². The molecule has 1 atom stereocenters. The second kappa shape index (κ2) is 7.03. The van der Waals surface area contributed by atoms with Crippen molar-refractivity contribution in [2.45, 2.75) is 34.9 Å². The smallest absolute Gasteiger partial charge is 0.244 e. The Morgan fingerprint density at radius 3 is 2.39 bits per heavy atom. The third kappa shape index (κ3) is 3.76. The average Bonchev–Trinajstić information content (AvgIpc) is 3.11. The zero-order valence-electron chi connectivity index (χ0n) is 13.1. The molecule has 1 aromatic heterocycles. The summed E-state index contributed by atoms with van der Waals surface area (Å²) >= 11 is 1.63. The van der Waals surface area contributed by atoms with E-state index >= 15 is 0 Å².